The lowest BCUT2D eigenvalue weighted by Crippen LogP contribution is -2.26. The predicted octanol–water partition coefficient (Wildman–Crippen LogP) is 1.70. The Kier molecular flexibility index (Phi) is 4.55. The molecule has 0 spiro atoms. The topological polar surface area (TPSA) is 65.0 Å². The van der Waals surface area contributed by atoms with Crippen LogP contribution in [0, 0.1) is 0 Å². The Morgan fingerprint density at radius 1 is 1.33 bits per heavy atom. The van der Waals surface area contributed by atoms with Gasteiger partial charge in [-0.2, -0.15) is 0 Å². The zero-order valence-corrected chi connectivity index (χ0v) is 10.0. The molecule has 18 heavy (non-hydrogen) atoms. The van der Waals surface area contributed by atoms with E-state index in [2.05, 4.69) is 0 Å². The van der Waals surface area contributed by atoms with Gasteiger partial charge in [0.1, 0.15) is 11.3 Å². The van der Waals surface area contributed by atoms with Gasteiger partial charge < -0.3 is 19.3 Å². The summed E-state index contributed by atoms with van der Waals surface area (Å²) in [7, 11) is 0. The number of ether oxygens (including phenoxy) is 3. The van der Waals surface area contributed by atoms with Crippen LogP contribution in [0.1, 0.15) is 23.2 Å². The number of esters is 1. The summed E-state index contributed by atoms with van der Waals surface area (Å²) in [4.78, 5) is 11.6. The number of hydrogen-bond acceptors (Lipinski definition) is 5. The van der Waals surface area contributed by atoms with E-state index in [1.54, 1.807) is 12.1 Å². The van der Waals surface area contributed by atoms with E-state index in [0.717, 1.165) is 6.42 Å². The van der Waals surface area contributed by atoms with Crippen LogP contribution in [-0.4, -0.2) is 37.2 Å². The fourth-order valence-corrected chi connectivity index (χ4v) is 1.68. The van der Waals surface area contributed by atoms with Gasteiger partial charge in [0.05, 0.1) is 19.8 Å². The van der Waals surface area contributed by atoms with E-state index < -0.39 is 5.97 Å². The van der Waals surface area contributed by atoms with E-state index in [1.807, 2.05) is 0 Å². The Labute approximate surface area is 105 Å². The minimum Gasteiger partial charge on any atom is -0.507 e. The second-order valence-electron chi connectivity index (χ2n) is 3.97. The van der Waals surface area contributed by atoms with Crippen molar-refractivity contribution in [2.75, 3.05) is 19.8 Å². The smallest absolute Gasteiger partial charge is 0.341 e. The number of para-hydroxylation sites is 1. The van der Waals surface area contributed by atoms with E-state index >= 15 is 0 Å². The number of carbonyl (C=O) groups excluding carboxylic acids is 1. The van der Waals surface area contributed by atoms with Crippen LogP contribution in [0.5, 0.6) is 5.75 Å². The first kappa shape index (κ1) is 12.9. The Morgan fingerprint density at radius 2 is 2.06 bits per heavy atom. The van der Waals surface area contributed by atoms with Crippen molar-refractivity contribution >= 4 is 5.97 Å². The molecule has 0 amide bonds. The summed E-state index contributed by atoms with van der Waals surface area (Å²) in [5, 5.41) is 9.48. The van der Waals surface area contributed by atoms with Crippen LogP contribution in [0.4, 0.5) is 0 Å². The lowest BCUT2D eigenvalue weighted by molar-refractivity contribution is -0.184. The van der Waals surface area contributed by atoms with Gasteiger partial charge in [-0.1, -0.05) is 12.1 Å². The number of aromatic hydroxyl groups is 1. The Bertz CT molecular complexity index is 398. The minimum atomic E-state index is -0.538. The van der Waals surface area contributed by atoms with Gasteiger partial charge in [0, 0.05) is 6.42 Å². The molecule has 0 aliphatic carbocycles. The van der Waals surface area contributed by atoms with Crippen LogP contribution in [0.25, 0.3) is 0 Å². The number of phenolic OH excluding ortho intramolecular Hbond substituents is 1. The van der Waals surface area contributed by atoms with Crippen molar-refractivity contribution in [3.63, 3.8) is 0 Å². The second kappa shape index (κ2) is 6.37. The van der Waals surface area contributed by atoms with Crippen LogP contribution in [0.15, 0.2) is 24.3 Å². The molecule has 0 unspecified atom stereocenters. The predicted molar refractivity (Wildman–Crippen MR) is 63.3 cm³/mol. The lowest BCUT2D eigenvalue weighted by atomic mass is 10.2. The maximum absolute atomic E-state index is 11.6. The number of hydrogen-bond donors (Lipinski definition) is 1. The Morgan fingerprint density at radius 3 is 2.78 bits per heavy atom. The van der Waals surface area contributed by atoms with Crippen LogP contribution in [-0.2, 0) is 14.2 Å². The quantitative estimate of drug-likeness (QED) is 0.826. The molecule has 1 aliphatic rings. The molecule has 1 aliphatic heterocycles. The molecule has 0 radical (unpaired) electrons. The Hall–Kier alpha value is -1.59. The van der Waals surface area contributed by atoms with Gasteiger partial charge in [-0.15, -0.1) is 0 Å². The molecule has 0 bridgehead atoms. The summed E-state index contributed by atoms with van der Waals surface area (Å²) in [6.45, 7) is 1.56. The average molecular weight is 252 g/mol. The molecule has 1 aromatic rings. The van der Waals surface area contributed by atoms with E-state index in [4.69, 9.17) is 14.2 Å². The van der Waals surface area contributed by atoms with Gasteiger partial charge in [0.2, 0.25) is 0 Å². The molecule has 0 saturated carbocycles. The van der Waals surface area contributed by atoms with Gasteiger partial charge in [-0.3, -0.25) is 0 Å². The number of benzene rings is 1. The van der Waals surface area contributed by atoms with Crippen molar-refractivity contribution in [2.45, 2.75) is 19.1 Å². The van der Waals surface area contributed by atoms with Crippen molar-refractivity contribution in [1.82, 2.24) is 0 Å². The van der Waals surface area contributed by atoms with Crippen LogP contribution in [0.2, 0.25) is 0 Å². The highest BCUT2D eigenvalue weighted by atomic mass is 16.7. The summed E-state index contributed by atoms with van der Waals surface area (Å²) >= 11 is 0. The first-order chi connectivity index (χ1) is 8.77. The van der Waals surface area contributed by atoms with Gasteiger partial charge >= 0.3 is 5.97 Å². The van der Waals surface area contributed by atoms with Gasteiger partial charge in [-0.25, -0.2) is 4.79 Å². The molecular formula is C13H16O5. The normalized spacial score (nSPS) is 16.4. The van der Waals surface area contributed by atoms with E-state index in [0.29, 0.717) is 19.6 Å². The lowest BCUT2D eigenvalue weighted by Gasteiger charge is -2.22. The van der Waals surface area contributed by atoms with Gasteiger partial charge in [0.25, 0.3) is 0 Å². The highest BCUT2D eigenvalue weighted by Crippen LogP contribution is 2.17. The van der Waals surface area contributed by atoms with Crippen molar-refractivity contribution in [3.05, 3.63) is 29.8 Å². The van der Waals surface area contributed by atoms with E-state index in [1.165, 1.54) is 12.1 Å². The molecule has 0 aromatic heterocycles. The summed E-state index contributed by atoms with van der Waals surface area (Å²) in [6, 6.07) is 6.29. The fraction of sp³-hybridized carbons (Fsp3) is 0.462. The number of rotatable bonds is 4. The van der Waals surface area contributed by atoms with E-state index in [-0.39, 0.29) is 24.2 Å². The van der Waals surface area contributed by atoms with Crippen molar-refractivity contribution in [1.29, 1.82) is 0 Å². The summed E-state index contributed by atoms with van der Waals surface area (Å²) in [5.74, 6) is -0.614. The summed E-state index contributed by atoms with van der Waals surface area (Å²) < 4.78 is 15.7. The van der Waals surface area contributed by atoms with Crippen LogP contribution in [0.3, 0.4) is 0 Å². The second-order valence-corrected chi connectivity index (χ2v) is 3.97. The van der Waals surface area contributed by atoms with Gasteiger partial charge in [0.15, 0.2) is 6.29 Å². The molecular weight excluding hydrogens is 236 g/mol. The molecule has 98 valence electrons. The van der Waals surface area contributed by atoms with Crippen molar-refractivity contribution in [2.24, 2.45) is 0 Å². The summed E-state index contributed by atoms with van der Waals surface area (Å²) in [6.07, 6.45) is 1.10. The molecule has 1 N–H and O–H groups in total. The number of carbonyl (C=O) groups is 1. The zero-order valence-electron chi connectivity index (χ0n) is 10.0. The third-order valence-corrected chi connectivity index (χ3v) is 2.61. The third kappa shape index (κ3) is 3.45. The molecule has 1 fully saturated rings. The van der Waals surface area contributed by atoms with Gasteiger partial charge in [-0.05, 0) is 18.6 Å². The molecule has 1 saturated heterocycles. The molecule has 5 heteroatoms. The largest absolute Gasteiger partial charge is 0.507 e. The molecule has 0 atom stereocenters. The standard InChI is InChI=1S/C13H16O5/c14-11-5-2-1-4-10(11)13(15)18-9-6-12-16-7-3-8-17-12/h1-2,4-5,12,14H,3,6-9H2. The first-order valence-corrected chi connectivity index (χ1v) is 5.95. The summed E-state index contributed by atoms with van der Waals surface area (Å²) in [5.41, 5.74) is 0.169. The van der Waals surface area contributed by atoms with Crippen LogP contribution < -0.4 is 0 Å². The van der Waals surface area contributed by atoms with Crippen LogP contribution >= 0.6 is 0 Å². The maximum Gasteiger partial charge on any atom is 0.341 e. The SMILES string of the molecule is O=C(OCCC1OCCCO1)c1ccccc1O. The first-order valence-electron chi connectivity index (χ1n) is 5.95. The molecule has 1 aromatic carbocycles. The molecule has 2 rings (SSSR count). The average Bonchev–Trinajstić information content (AvgIpc) is 2.40. The fourth-order valence-electron chi connectivity index (χ4n) is 1.68. The molecule has 5 nitrogen and oxygen atoms in total. The zero-order chi connectivity index (χ0) is 12.8. The van der Waals surface area contributed by atoms with Crippen molar-refractivity contribution < 1.29 is 24.1 Å². The maximum atomic E-state index is 11.6. The number of phenols is 1. The minimum absolute atomic E-state index is 0.0762. The van der Waals surface area contributed by atoms with Crippen molar-refractivity contribution in [3.8, 4) is 5.75 Å². The monoisotopic (exact) mass is 252 g/mol. The highest BCUT2D eigenvalue weighted by molar-refractivity contribution is 5.92. The van der Waals surface area contributed by atoms with E-state index in [9.17, 15) is 9.90 Å². The molecule has 1 heterocycles. The third-order valence-electron chi connectivity index (χ3n) is 2.61. The highest BCUT2D eigenvalue weighted by Gasteiger charge is 2.16. The Balaban J connectivity index is 1.76.